The van der Waals surface area contributed by atoms with Gasteiger partial charge < -0.3 is 25.7 Å². The summed E-state index contributed by atoms with van der Waals surface area (Å²) in [6.45, 7) is 5.88. The highest BCUT2D eigenvalue weighted by Crippen LogP contribution is 2.41. The molecule has 0 fully saturated rings. The van der Waals surface area contributed by atoms with Crippen LogP contribution in [0.5, 0.6) is 23.0 Å². The molecule has 0 atom stereocenters. The summed E-state index contributed by atoms with van der Waals surface area (Å²) in [7, 11) is 3.17. The van der Waals surface area contributed by atoms with Crippen molar-refractivity contribution in [1.82, 2.24) is 9.97 Å². The monoisotopic (exact) mass is 318 g/mol. The number of ether oxygens (including phenoxy) is 3. The summed E-state index contributed by atoms with van der Waals surface area (Å²) in [5, 5.41) is 0. The molecule has 0 spiro atoms. The zero-order valence-electron chi connectivity index (χ0n) is 14.0. The normalized spacial score (nSPS) is 10.7. The van der Waals surface area contributed by atoms with E-state index in [1.54, 1.807) is 27.2 Å². The number of methoxy groups -OCH3 is 2. The number of nitrogens with zero attached hydrogens (tertiary/aromatic N) is 2. The molecule has 0 aliphatic rings. The Bertz CT molecular complexity index is 694. The number of anilines is 2. The van der Waals surface area contributed by atoms with Crippen LogP contribution in [0.15, 0.2) is 12.1 Å². The van der Waals surface area contributed by atoms with Gasteiger partial charge >= 0.3 is 0 Å². The molecule has 1 aromatic heterocycles. The lowest BCUT2D eigenvalue weighted by Crippen LogP contribution is -2.06. The Labute approximate surface area is 135 Å². The molecule has 4 N–H and O–H groups in total. The molecule has 0 amide bonds. The average molecular weight is 318 g/mol. The minimum absolute atomic E-state index is 0.115. The third-order valence-electron chi connectivity index (χ3n) is 3.43. The third-order valence-corrected chi connectivity index (χ3v) is 3.43. The van der Waals surface area contributed by atoms with E-state index in [2.05, 4.69) is 23.8 Å². The molecule has 2 aromatic rings. The highest BCUT2D eigenvalue weighted by Gasteiger charge is 2.18. The maximum absolute atomic E-state index is 5.99. The van der Waals surface area contributed by atoms with Crippen molar-refractivity contribution < 1.29 is 14.2 Å². The fourth-order valence-corrected chi connectivity index (χ4v) is 2.26. The topological polar surface area (TPSA) is 106 Å². The van der Waals surface area contributed by atoms with Gasteiger partial charge in [-0.1, -0.05) is 13.8 Å². The first kappa shape index (κ1) is 16.7. The molecule has 1 heterocycles. The Morgan fingerprint density at radius 1 is 0.957 bits per heavy atom. The van der Waals surface area contributed by atoms with E-state index in [0.29, 0.717) is 28.7 Å². The second kappa shape index (κ2) is 6.60. The summed E-state index contributed by atoms with van der Waals surface area (Å²) in [6, 6.07) is 3.66. The van der Waals surface area contributed by atoms with Crippen LogP contribution in [0.4, 0.5) is 11.8 Å². The van der Waals surface area contributed by atoms with Gasteiger partial charge in [-0.25, -0.2) is 4.98 Å². The fraction of sp³-hybridized carbons (Fsp3) is 0.375. The van der Waals surface area contributed by atoms with E-state index in [0.717, 1.165) is 5.56 Å². The molecule has 7 nitrogen and oxygen atoms in total. The molecular formula is C16H22N4O3. The maximum atomic E-state index is 5.99. The first-order valence-corrected chi connectivity index (χ1v) is 7.20. The number of aryl methyl sites for hydroxylation is 1. The van der Waals surface area contributed by atoms with Gasteiger partial charge in [0.2, 0.25) is 5.95 Å². The van der Waals surface area contributed by atoms with Gasteiger partial charge in [0.25, 0.3) is 0 Å². The zero-order valence-corrected chi connectivity index (χ0v) is 14.0. The molecule has 2 rings (SSSR count). The van der Waals surface area contributed by atoms with Crippen LogP contribution in [0.2, 0.25) is 0 Å². The number of nitrogens with two attached hydrogens (primary N) is 2. The van der Waals surface area contributed by atoms with E-state index in [-0.39, 0.29) is 17.7 Å². The van der Waals surface area contributed by atoms with Gasteiger partial charge in [-0.3, -0.25) is 0 Å². The molecular weight excluding hydrogens is 296 g/mol. The Morgan fingerprint density at radius 3 is 2.09 bits per heavy atom. The third kappa shape index (κ3) is 3.39. The van der Waals surface area contributed by atoms with Gasteiger partial charge in [0.1, 0.15) is 5.75 Å². The van der Waals surface area contributed by atoms with Crippen molar-refractivity contribution in [2.45, 2.75) is 26.7 Å². The molecule has 7 heteroatoms. The van der Waals surface area contributed by atoms with Crippen molar-refractivity contribution in [3.05, 3.63) is 23.4 Å². The molecule has 0 bridgehead atoms. The maximum Gasteiger partial charge on any atom is 0.222 e. The van der Waals surface area contributed by atoms with Gasteiger partial charge in [0.15, 0.2) is 23.1 Å². The van der Waals surface area contributed by atoms with Crippen LogP contribution in [0.3, 0.4) is 0 Å². The van der Waals surface area contributed by atoms with E-state index in [1.807, 2.05) is 6.07 Å². The Hall–Kier alpha value is -2.70. The fourth-order valence-electron chi connectivity index (χ4n) is 2.26. The molecule has 0 unspecified atom stereocenters. The van der Waals surface area contributed by atoms with Gasteiger partial charge in [0, 0.05) is 11.6 Å². The highest BCUT2D eigenvalue weighted by molar-refractivity contribution is 5.57. The number of hydrogen-bond acceptors (Lipinski definition) is 7. The van der Waals surface area contributed by atoms with Crippen molar-refractivity contribution in [1.29, 1.82) is 0 Å². The lowest BCUT2D eigenvalue weighted by Gasteiger charge is -2.18. The van der Waals surface area contributed by atoms with Crippen molar-refractivity contribution >= 4 is 11.8 Å². The summed E-state index contributed by atoms with van der Waals surface area (Å²) < 4.78 is 16.7. The molecule has 0 aliphatic carbocycles. The van der Waals surface area contributed by atoms with Gasteiger partial charge in [0.05, 0.1) is 19.9 Å². The molecule has 0 aliphatic heterocycles. The quantitative estimate of drug-likeness (QED) is 0.873. The summed E-state index contributed by atoms with van der Waals surface area (Å²) >= 11 is 0. The predicted octanol–water partition coefficient (Wildman–Crippen LogP) is 2.88. The number of nitrogen functional groups attached to an aromatic ring is 2. The SMILES string of the molecule is COc1cc(Oc2c(C)nc(N)nc2N)c(C(C)C)cc1OC. The minimum Gasteiger partial charge on any atom is -0.493 e. The van der Waals surface area contributed by atoms with Gasteiger partial charge in [-0.05, 0) is 18.9 Å². The predicted molar refractivity (Wildman–Crippen MR) is 89.3 cm³/mol. The highest BCUT2D eigenvalue weighted by atomic mass is 16.5. The largest absolute Gasteiger partial charge is 0.493 e. The Balaban J connectivity index is 2.55. The second-order valence-electron chi connectivity index (χ2n) is 5.38. The summed E-state index contributed by atoms with van der Waals surface area (Å²) in [4.78, 5) is 8.03. The smallest absolute Gasteiger partial charge is 0.222 e. The number of aromatic nitrogens is 2. The molecule has 1 aromatic carbocycles. The minimum atomic E-state index is 0.115. The van der Waals surface area contributed by atoms with Gasteiger partial charge in [-0.15, -0.1) is 0 Å². The number of hydrogen-bond donors (Lipinski definition) is 2. The zero-order chi connectivity index (χ0) is 17.1. The first-order chi connectivity index (χ1) is 10.9. The summed E-state index contributed by atoms with van der Waals surface area (Å²) in [6.07, 6.45) is 0. The Morgan fingerprint density at radius 2 is 1.57 bits per heavy atom. The lowest BCUT2D eigenvalue weighted by atomic mass is 10.0. The second-order valence-corrected chi connectivity index (χ2v) is 5.38. The Kier molecular flexibility index (Phi) is 4.78. The first-order valence-electron chi connectivity index (χ1n) is 7.20. The molecule has 0 saturated heterocycles. The molecule has 23 heavy (non-hydrogen) atoms. The van der Waals surface area contributed by atoms with Crippen LogP contribution in [0.1, 0.15) is 31.0 Å². The molecule has 0 radical (unpaired) electrons. The van der Waals surface area contributed by atoms with E-state index in [9.17, 15) is 0 Å². The molecule has 124 valence electrons. The van der Waals surface area contributed by atoms with Crippen molar-refractivity contribution in [3.8, 4) is 23.0 Å². The van der Waals surface area contributed by atoms with Crippen LogP contribution < -0.4 is 25.7 Å². The van der Waals surface area contributed by atoms with Crippen LogP contribution in [0, 0.1) is 6.92 Å². The van der Waals surface area contributed by atoms with E-state index in [4.69, 9.17) is 25.7 Å². The standard InChI is InChI=1S/C16H22N4O3/c1-8(2)10-6-12(21-4)13(22-5)7-11(10)23-14-9(3)19-16(18)20-15(14)17/h6-8H,1-5H3,(H4,17,18,19,20). The van der Waals surface area contributed by atoms with Crippen LogP contribution in [-0.4, -0.2) is 24.2 Å². The molecule has 0 saturated carbocycles. The van der Waals surface area contributed by atoms with Crippen LogP contribution in [0.25, 0.3) is 0 Å². The van der Waals surface area contributed by atoms with E-state index < -0.39 is 0 Å². The van der Waals surface area contributed by atoms with Crippen molar-refractivity contribution in [2.24, 2.45) is 0 Å². The van der Waals surface area contributed by atoms with Gasteiger partial charge in [-0.2, -0.15) is 4.98 Å². The van der Waals surface area contributed by atoms with Crippen LogP contribution >= 0.6 is 0 Å². The average Bonchev–Trinajstić information content (AvgIpc) is 2.49. The summed E-state index contributed by atoms with van der Waals surface area (Å²) in [5.74, 6) is 2.72. The summed E-state index contributed by atoms with van der Waals surface area (Å²) in [5.41, 5.74) is 13.0. The lowest BCUT2D eigenvalue weighted by molar-refractivity contribution is 0.350. The van der Waals surface area contributed by atoms with Crippen molar-refractivity contribution in [2.75, 3.05) is 25.7 Å². The number of rotatable bonds is 5. The van der Waals surface area contributed by atoms with Crippen molar-refractivity contribution in [3.63, 3.8) is 0 Å². The van der Waals surface area contributed by atoms with E-state index in [1.165, 1.54) is 0 Å². The van der Waals surface area contributed by atoms with E-state index >= 15 is 0 Å². The van der Waals surface area contributed by atoms with Crippen LogP contribution in [-0.2, 0) is 0 Å². The number of benzene rings is 1.